The summed E-state index contributed by atoms with van der Waals surface area (Å²) in [5.41, 5.74) is 6.85. The van der Waals surface area contributed by atoms with Crippen molar-refractivity contribution in [3.05, 3.63) is 40.5 Å². The van der Waals surface area contributed by atoms with Gasteiger partial charge in [-0.3, -0.25) is 0 Å². The van der Waals surface area contributed by atoms with E-state index in [4.69, 9.17) is 4.74 Å². The Morgan fingerprint density at radius 2 is 1.79 bits per heavy atom. The van der Waals surface area contributed by atoms with E-state index in [1.54, 1.807) is 7.11 Å². The Hall–Kier alpha value is -1.12. The van der Waals surface area contributed by atoms with E-state index in [0.717, 1.165) is 26.1 Å². The first kappa shape index (κ1) is 15.9. The first-order valence-corrected chi connectivity index (χ1v) is 7.01. The highest BCUT2D eigenvalue weighted by Crippen LogP contribution is 2.22. The quantitative estimate of drug-likeness (QED) is 0.757. The number of ether oxygens (including phenoxy) is 1. The lowest BCUT2D eigenvalue weighted by Crippen LogP contribution is -2.19. The van der Waals surface area contributed by atoms with E-state index in [2.05, 4.69) is 51.2 Å². The molecule has 0 saturated carbocycles. The number of hydrogen-bond acceptors (Lipinski definition) is 2. The van der Waals surface area contributed by atoms with Crippen LogP contribution in [-0.4, -0.2) is 26.8 Å². The number of methoxy groups -OCH3 is 1. The van der Waals surface area contributed by atoms with Gasteiger partial charge >= 0.3 is 0 Å². The molecule has 0 aliphatic carbocycles. The standard InChI is InChI=1S/C17H27NO/c1-13(7-6-8-18-9-10-19-5)17-12-15(3)14(2)11-16(17)4/h7,11-12,18H,6,8-10H2,1-5H3. The Kier molecular flexibility index (Phi) is 6.82. The van der Waals surface area contributed by atoms with Gasteiger partial charge in [0.2, 0.25) is 0 Å². The molecule has 0 amide bonds. The number of aryl methyl sites for hydroxylation is 3. The predicted molar refractivity (Wildman–Crippen MR) is 83.7 cm³/mol. The van der Waals surface area contributed by atoms with Gasteiger partial charge in [-0.15, -0.1) is 0 Å². The van der Waals surface area contributed by atoms with E-state index in [0.29, 0.717) is 0 Å². The van der Waals surface area contributed by atoms with Gasteiger partial charge in [0.05, 0.1) is 6.61 Å². The van der Waals surface area contributed by atoms with Gasteiger partial charge in [0.15, 0.2) is 0 Å². The van der Waals surface area contributed by atoms with Crippen molar-refractivity contribution in [2.75, 3.05) is 26.8 Å². The molecule has 0 heterocycles. The molecular weight excluding hydrogens is 234 g/mol. The summed E-state index contributed by atoms with van der Waals surface area (Å²) in [4.78, 5) is 0. The molecule has 1 rings (SSSR count). The highest BCUT2D eigenvalue weighted by molar-refractivity contribution is 5.67. The zero-order valence-corrected chi connectivity index (χ0v) is 13.0. The second-order valence-electron chi connectivity index (χ2n) is 5.17. The normalized spacial score (nSPS) is 11.9. The van der Waals surface area contributed by atoms with Crippen molar-refractivity contribution >= 4 is 5.57 Å². The van der Waals surface area contributed by atoms with Crippen LogP contribution in [0, 0.1) is 20.8 Å². The molecule has 2 nitrogen and oxygen atoms in total. The van der Waals surface area contributed by atoms with Crippen molar-refractivity contribution in [2.45, 2.75) is 34.1 Å². The number of nitrogens with one attached hydrogen (secondary N) is 1. The summed E-state index contributed by atoms with van der Waals surface area (Å²) < 4.78 is 5.00. The predicted octanol–water partition coefficient (Wildman–Crippen LogP) is 3.64. The fourth-order valence-corrected chi connectivity index (χ4v) is 2.19. The zero-order chi connectivity index (χ0) is 14.3. The number of rotatable bonds is 7. The molecule has 0 bridgehead atoms. The lowest BCUT2D eigenvalue weighted by atomic mass is 9.96. The third-order valence-corrected chi connectivity index (χ3v) is 3.52. The largest absolute Gasteiger partial charge is 0.383 e. The third kappa shape index (κ3) is 5.17. The van der Waals surface area contributed by atoms with Gasteiger partial charge in [0.1, 0.15) is 0 Å². The second kappa shape index (κ2) is 8.13. The fraction of sp³-hybridized carbons (Fsp3) is 0.529. The average Bonchev–Trinajstić information content (AvgIpc) is 2.37. The highest BCUT2D eigenvalue weighted by Gasteiger charge is 2.03. The maximum absolute atomic E-state index is 5.00. The average molecular weight is 261 g/mol. The molecule has 1 aromatic rings. The van der Waals surface area contributed by atoms with Crippen LogP contribution in [0.3, 0.4) is 0 Å². The zero-order valence-electron chi connectivity index (χ0n) is 13.0. The molecule has 0 aliphatic rings. The SMILES string of the molecule is COCCNCCC=C(C)c1cc(C)c(C)cc1C. The molecule has 0 spiro atoms. The molecule has 0 radical (unpaired) electrons. The van der Waals surface area contributed by atoms with Crippen LogP contribution in [-0.2, 0) is 4.74 Å². The number of allylic oxidation sites excluding steroid dienone is 1. The third-order valence-electron chi connectivity index (χ3n) is 3.52. The van der Waals surface area contributed by atoms with Crippen LogP contribution in [0.5, 0.6) is 0 Å². The van der Waals surface area contributed by atoms with Crippen molar-refractivity contribution in [1.82, 2.24) is 5.32 Å². The van der Waals surface area contributed by atoms with Crippen molar-refractivity contribution < 1.29 is 4.74 Å². The summed E-state index contributed by atoms with van der Waals surface area (Å²) in [6, 6.07) is 4.58. The minimum Gasteiger partial charge on any atom is -0.383 e. The highest BCUT2D eigenvalue weighted by atomic mass is 16.5. The maximum atomic E-state index is 5.00. The molecule has 0 aliphatic heterocycles. The first-order chi connectivity index (χ1) is 9.06. The van der Waals surface area contributed by atoms with E-state index >= 15 is 0 Å². The molecule has 0 unspecified atom stereocenters. The minimum atomic E-state index is 0.777. The summed E-state index contributed by atoms with van der Waals surface area (Å²) in [7, 11) is 1.73. The van der Waals surface area contributed by atoms with Gasteiger partial charge in [-0.1, -0.05) is 18.2 Å². The molecule has 1 aromatic carbocycles. The lowest BCUT2D eigenvalue weighted by Gasteiger charge is -2.10. The summed E-state index contributed by atoms with van der Waals surface area (Å²) in [5, 5.41) is 3.36. The second-order valence-corrected chi connectivity index (χ2v) is 5.17. The van der Waals surface area contributed by atoms with E-state index < -0.39 is 0 Å². The van der Waals surface area contributed by atoms with E-state index in [-0.39, 0.29) is 0 Å². The molecule has 1 N–H and O–H groups in total. The first-order valence-electron chi connectivity index (χ1n) is 7.01. The molecule has 0 fully saturated rings. The van der Waals surface area contributed by atoms with Crippen LogP contribution in [0.1, 0.15) is 35.6 Å². The summed E-state index contributed by atoms with van der Waals surface area (Å²) in [6.07, 6.45) is 3.37. The Bertz CT molecular complexity index is 435. The van der Waals surface area contributed by atoms with Crippen LogP contribution in [0.4, 0.5) is 0 Å². The molecule has 2 heteroatoms. The van der Waals surface area contributed by atoms with Gasteiger partial charge in [0.25, 0.3) is 0 Å². The Labute approximate surface area is 117 Å². The summed E-state index contributed by atoms with van der Waals surface area (Å²) in [6.45, 7) is 11.4. The van der Waals surface area contributed by atoms with Gasteiger partial charge in [-0.25, -0.2) is 0 Å². The van der Waals surface area contributed by atoms with Crippen LogP contribution in [0.25, 0.3) is 5.57 Å². The summed E-state index contributed by atoms with van der Waals surface area (Å²) >= 11 is 0. The van der Waals surface area contributed by atoms with Crippen molar-refractivity contribution in [3.63, 3.8) is 0 Å². The molecular formula is C17H27NO. The molecule has 0 atom stereocenters. The molecule has 19 heavy (non-hydrogen) atoms. The van der Waals surface area contributed by atoms with Crippen LogP contribution >= 0.6 is 0 Å². The van der Waals surface area contributed by atoms with E-state index in [1.807, 2.05) is 0 Å². The number of benzene rings is 1. The van der Waals surface area contributed by atoms with E-state index in [1.165, 1.54) is 27.8 Å². The smallest absolute Gasteiger partial charge is 0.0587 e. The Balaban J connectivity index is 2.57. The Morgan fingerprint density at radius 3 is 2.47 bits per heavy atom. The van der Waals surface area contributed by atoms with Gasteiger partial charge < -0.3 is 10.1 Å². The van der Waals surface area contributed by atoms with Gasteiger partial charge in [-0.05, 0) is 68.5 Å². The van der Waals surface area contributed by atoms with Crippen LogP contribution in [0.15, 0.2) is 18.2 Å². The van der Waals surface area contributed by atoms with Crippen molar-refractivity contribution in [3.8, 4) is 0 Å². The maximum Gasteiger partial charge on any atom is 0.0587 e. The monoisotopic (exact) mass is 261 g/mol. The minimum absolute atomic E-state index is 0.777. The topological polar surface area (TPSA) is 21.3 Å². The lowest BCUT2D eigenvalue weighted by molar-refractivity contribution is 0.199. The number of hydrogen-bond donors (Lipinski definition) is 1. The Morgan fingerprint density at radius 1 is 1.11 bits per heavy atom. The van der Waals surface area contributed by atoms with Gasteiger partial charge in [-0.2, -0.15) is 0 Å². The van der Waals surface area contributed by atoms with Crippen LogP contribution < -0.4 is 5.32 Å². The molecule has 0 saturated heterocycles. The molecule has 106 valence electrons. The van der Waals surface area contributed by atoms with Crippen molar-refractivity contribution in [2.24, 2.45) is 0 Å². The van der Waals surface area contributed by atoms with Gasteiger partial charge in [0, 0.05) is 13.7 Å². The van der Waals surface area contributed by atoms with E-state index in [9.17, 15) is 0 Å². The van der Waals surface area contributed by atoms with Crippen LogP contribution in [0.2, 0.25) is 0 Å². The van der Waals surface area contributed by atoms with Crippen molar-refractivity contribution in [1.29, 1.82) is 0 Å². The fourth-order valence-electron chi connectivity index (χ4n) is 2.19. The molecule has 0 aromatic heterocycles. The summed E-state index contributed by atoms with van der Waals surface area (Å²) in [5.74, 6) is 0.